The molecule has 4 nitrogen and oxygen atoms in total. The van der Waals surface area contributed by atoms with E-state index in [1.54, 1.807) is 0 Å². The molecule has 0 saturated carbocycles. The van der Waals surface area contributed by atoms with Crippen LogP contribution in [0.1, 0.15) is 22.6 Å². The highest BCUT2D eigenvalue weighted by molar-refractivity contribution is 5.79. The van der Waals surface area contributed by atoms with Crippen LogP contribution < -0.4 is 10.1 Å². The summed E-state index contributed by atoms with van der Waals surface area (Å²) in [4.78, 5) is 12.1. The van der Waals surface area contributed by atoms with Crippen LogP contribution in [0.25, 0.3) is 11.1 Å². The summed E-state index contributed by atoms with van der Waals surface area (Å²) in [6.07, 6.45) is -5.59. The molecule has 1 N–H and O–H groups in total. The predicted molar refractivity (Wildman–Crippen MR) is 113 cm³/mol. The van der Waals surface area contributed by atoms with Crippen molar-refractivity contribution in [1.29, 1.82) is 0 Å². The molecular formula is C25H17F4NO3. The lowest BCUT2D eigenvalue weighted by atomic mass is 9.98. The maximum atomic E-state index is 13.9. The van der Waals surface area contributed by atoms with Crippen molar-refractivity contribution in [2.75, 3.05) is 13.2 Å². The lowest BCUT2D eigenvalue weighted by Crippen LogP contribution is -2.26. The minimum absolute atomic E-state index is 0.0826. The normalized spacial score (nSPS) is 12.2. The summed E-state index contributed by atoms with van der Waals surface area (Å²) in [7, 11) is 0. The van der Waals surface area contributed by atoms with Gasteiger partial charge in [0.15, 0.2) is 0 Å². The summed E-state index contributed by atoms with van der Waals surface area (Å²) < 4.78 is 59.4. The first-order valence-corrected chi connectivity index (χ1v) is 9.95. The maximum absolute atomic E-state index is 13.9. The van der Waals surface area contributed by atoms with Crippen molar-refractivity contribution in [2.24, 2.45) is 0 Å². The van der Waals surface area contributed by atoms with Gasteiger partial charge in [0.25, 0.3) is 0 Å². The molecule has 1 aliphatic carbocycles. The fourth-order valence-corrected chi connectivity index (χ4v) is 3.70. The molecule has 0 unspecified atom stereocenters. The summed E-state index contributed by atoms with van der Waals surface area (Å²) >= 11 is 0. The molecule has 168 valence electrons. The van der Waals surface area contributed by atoms with Gasteiger partial charge in [-0.1, -0.05) is 60.4 Å². The molecule has 4 rings (SSSR count). The molecule has 1 aliphatic rings. The zero-order valence-electron chi connectivity index (χ0n) is 17.1. The van der Waals surface area contributed by atoms with Gasteiger partial charge in [-0.2, -0.15) is 0 Å². The number of benzene rings is 3. The first-order valence-electron chi connectivity index (χ1n) is 9.95. The van der Waals surface area contributed by atoms with Crippen LogP contribution in [0, 0.1) is 17.7 Å². The maximum Gasteiger partial charge on any atom is 0.573 e. The van der Waals surface area contributed by atoms with Crippen molar-refractivity contribution >= 4 is 6.09 Å². The number of nitrogens with one attached hydrogen (secondary N) is 1. The van der Waals surface area contributed by atoms with Gasteiger partial charge in [0.05, 0.1) is 12.1 Å². The van der Waals surface area contributed by atoms with Crippen LogP contribution in [0.15, 0.2) is 66.7 Å². The quantitative estimate of drug-likeness (QED) is 0.411. The molecule has 3 aromatic carbocycles. The molecule has 8 heteroatoms. The number of hydrogen-bond acceptors (Lipinski definition) is 3. The lowest BCUT2D eigenvalue weighted by Gasteiger charge is -2.14. The van der Waals surface area contributed by atoms with Gasteiger partial charge in [-0.25, -0.2) is 9.18 Å². The second kappa shape index (κ2) is 9.25. The zero-order valence-corrected chi connectivity index (χ0v) is 17.1. The number of amides is 1. The van der Waals surface area contributed by atoms with Gasteiger partial charge in [0.2, 0.25) is 0 Å². The van der Waals surface area contributed by atoms with Gasteiger partial charge in [0.1, 0.15) is 18.2 Å². The average Bonchev–Trinajstić information content (AvgIpc) is 3.09. The second-order valence-corrected chi connectivity index (χ2v) is 7.17. The number of halogens is 4. The molecule has 0 radical (unpaired) electrons. The number of ether oxygens (including phenoxy) is 2. The number of alkyl carbamates (subject to hydrolysis) is 1. The topological polar surface area (TPSA) is 47.6 Å². The minimum Gasteiger partial charge on any atom is -0.449 e. The average molecular weight is 455 g/mol. The summed E-state index contributed by atoms with van der Waals surface area (Å²) in [5.41, 5.74) is 4.27. The van der Waals surface area contributed by atoms with Crippen molar-refractivity contribution in [1.82, 2.24) is 5.32 Å². The second-order valence-electron chi connectivity index (χ2n) is 7.17. The van der Waals surface area contributed by atoms with Gasteiger partial charge in [-0.05, 0) is 34.4 Å². The van der Waals surface area contributed by atoms with E-state index in [-0.39, 0.29) is 24.6 Å². The fraction of sp³-hybridized carbons (Fsp3) is 0.160. The highest BCUT2D eigenvalue weighted by Crippen LogP contribution is 2.44. The van der Waals surface area contributed by atoms with E-state index in [2.05, 4.69) is 21.9 Å². The standard InChI is InChI=1S/C25H17F4NO3/c26-23-14-17(33-25(27,28)29)12-11-16(23)6-5-13-30-24(31)32-15-22-20-9-3-1-7-18(20)19-8-2-4-10-21(19)22/h1-4,7-12,14,22H,13,15H2,(H,30,31). The van der Waals surface area contributed by atoms with Crippen LogP contribution in [-0.2, 0) is 4.74 Å². The van der Waals surface area contributed by atoms with Crippen molar-refractivity contribution in [2.45, 2.75) is 12.3 Å². The molecule has 0 atom stereocenters. The summed E-state index contributed by atoms with van der Waals surface area (Å²) in [5, 5.41) is 2.46. The third kappa shape index (κ3) is 5.26. The van der Waals surface area contributed by atoms with Gasteiger partial charge < -0.3 is 14.8 Å². The fourth-order valence-electron chi connectivity index (χ4n) is 3.70. The molecule has 0 spiro atoms. The van der Waals surface area contributed by atoms with E-state index < -0.39 is 24.0 Å². The smallest absolute Gasteiger partial charge is 0.449 e. The molecule has 0 bridgehead atoms. The van der Waals surface area contributed by atoms with Crippen molar-refractivity contribution in [3.63, 3.8) is 0 Å². The Hall–Kier alpha value is -3.99. The predicted octanol–water partition coefficient (Wildman–Crippen LogP) is 5.61. The van der Waals surface area contributed by atoms with Crippen LogP contribution in [-0.4, -0.2) is 25.6 Å². The van der Waals surface area contributed by atoms with Crippen molar-refractivity contribution in [3.05, 3.63) is 89.2 Å². The van der Waals surface area contributed by atoms with E-state index >= 15 is 0 Å². The van der Waals surface area contributed by atoms with Gasteiger partial charge in [-0.3, -0.25) is 0 Å². The van der Waals surface area contributed by atoms with E-state index in [9.17, 15) is 22.4 Å². The number of rotatable bonds is 4. The molecule has 0 saturated heterocycles. The van der Waals surface area contributed by atoms with Crippen molar-refractivity contribution < 1.29 is 31.8 Å². The number of hydrogen-bond donors (Lipinski definition) is 1. The van der Waals surface area contributed by atoms with E-state index in [0.29, 0.717) is 6.07 Å². The molecule has 3 aromatic rings. The molecular weight excluding hydrogens is 438 g/mol. The summed E-state index contributed by atoms with van der Waals surface area (Å²) in [5.74, 6) is 3.26. The summed E-state index contributed by atoms with van der Waals surface area (Å²) in [6, 6.07) is 18.5. The first kappa shape index (κ1) is 22.2. The Kier molecular flexibility index (Phi) is 6.22. The molecule has 0 aliphatic heterocycles. The SMILES string of the molecule is O=C(NCC#Cc1ccc(OC(F)(F)F)cc1F)OCC1c2ccccc2-c2ccccc21. The highest BCUT2D eigenvalue weighted by atomic mass is 19.4. The molecule has 33 heavy (non-hydrogen) atoms. The van der Waals surface area contributed by atoms with Crippen molar-refractivity contribution in [3.8, 4) is 28.7 Å². The summed E-state index contributed by atoms with van der Waals surface area (Å²) in [6.45, 7) is 0.0134. The number of fused-ring (bicyclic) bond motifs is 3. The van der Waals surface area contributed by atoms with Crippen LogP contribution in [0.4, 0.5) is 22.4 Å². The van der Waals surface area contributed by atoms with E-state index in [4.69, 9.17) is 4.74 Å². The monoisotopic (exact) mass is 455 g/mol. The number of carbonyl (C=O) groups is 1. The third-order valence-corrected chi connectivity index (χ3v) is 5.06. The van der Waals surface area contributed by atoms with Crippen LogP contribution in [0.5, 0.6) is 5.75 Å². The molecule has 0 fully saturated rings. The minimum atomic E-state index is -4.91. The Morgan fingerprint density at radius 3 is 2.21 bits per heavy atom. The Balaban J connectivity index is 1.31. The van der Waals surface area contributed by atoms with Gasteiger partial charge >= 0.3 is 12.5 Å². The molecule has 0 aromatic heterocycles. The van der Waals surface area contributed by atoms with Gasteiger partial charge in [0, 0.05) is 12.0 Å². The zero-order chi connectivity index (χ0) is 23.4. The van der Waals surface area contributed by atoms with Gasteiger partial charge in [-0.15, -0.1) is 13.2 Å². The highest BCUT2D eigenvalue weighted by Gasteiger charge is 2.31. The van der Waals surface area contributed by atoms with Crippen LogP contribution in [0.3, 0.4) is 0 Å². The first-order chi connectivity index (χ1) is 15.8. The third-order valence-electron chi connectivity index (χ3n) is 5.06. The Morgan fingerprint density at radius 1 is 0.970 bits per heavy atom. The lowest BCUT2D eigenvalue weighted by molar-refractivity contribution is -0.274. The van der Waals surface area contributed by atoms with E-state index in [1.165, 1.54) is 0 Å². The number of alkyl halides is 3. The molecule has 0 heterocycles. The Bertz CT molecular complexity index is 1200. The number of carbonyl (C=O) groups excluding carboxylic acids is 1. The Morgan fingerprint density at radius 2 is 1.61 bits per heavy atom. The van der Waals surface area contributed by atoms with Crippen LogP contribution >= 0.6 is 0 Å². The van der Waals surface area contributed by atoms with E-state index in [1.807, 2.05) is 48.5 Å². The largest absolute Gasteiger partial charge is 0.573 e. The Labute approximate surface area is 187 Å². The van der Waals surface area contributed by atoms with E-state index in [0.717, 1.165) is 34.4 Å². The molecule has 1 amide bonds. The van der Waals surface area contributed by atoms with Crippen LogP contribution in [0.2, 0.25) is 0 Å².